The van der Waals surface area contributed by atoms with E-state index >= 15 is 0 Å². The summed E-state index contributed by atoms with van der Waals surface area (Å²) in [4.78, 5) is 26.3. The van der Waals surface area contributed by atoms with E-state index in [1.807, 2.05) is 31.2 Å². The molecule has 0 radical (unpaired) electrons. The molecule has 4 aromatic rings. The molecule has 1 unspecified atom stereocenters. The number of hydrogen-bond acceptors (Lipinski definition) is 6. The van der Waals surface area contributed by atoms with Gasteiger partial charge in [0.05, 0.1) is 27.7 Å². The Labute approximate surface area is 192 Å². The highest BCUT2D eigenvalue weighted by Gasteiger charge is 2.23. The van der Waals surface area contributed by atoms with E-state index in [1.54, 1.807) is 41.1 Å². The molecule has 1 atom stereocenters. The molecule has 4 rings (SSSR count). The molecule has 0 aliphatic rings. The minimum atomic E-state index is -1.05. The van der Waals surface area contributed by atoms with Gasteiger partial charge in [0.25, 0.3) is 5.91 Å². The first kappa shape index (κ1) is 21.6. The highest BCUT2D eigenvalue weighted by atomic mass is 35.5. The van der Waals surface area contributed by atoms with Gasteiger partial charge >= 0.3 is 5.97 Å². The second kappa shape index (κ2) is 8.83. The van der Waals surface area contributed by atoms with Gasteiger partial charge < -0.3 is 10.1 Å². The van der Waals surface area contributed by atoms with Gasteiger partial charge in [-0.1, -0.05) is 35.9 Å². The fourth-order valence-corrected chi connectivity index (χ4v) is 4.41. The number of nitriles is 1. The number of amides is 1. The smallest absolute Gasteiger partial charge is 0.349 e. The first-order valence-corrected chi connectivity index (χ1v) is 10.8. The van der Waals surface area contributed by atoms with Crippen molar-refractivity contribution < 1.29 is 14.3 Å². The molecule has 32 heavy (non-hydrogen) atoms. The third-order valence-corrected chi connectivity index (χ3v) is 6.20. The zero-order valence-corrected chi connectivity index (χ0v) is 18.7. The number of rotatable bonds is 5. The van der Waals surface area contributed by atoms with Crippen molar-refractivity contribution in [3.8, 4) is 11.8 Å². The van der Waals surface area contributed by atoms with E-state index in [0.29, 0.717) is 26.8 Å². The first-order chi connectivity index (χ1) is 15.4. The number of halogens is 1. The van der Waals surface area contributed by atoms with Crippen LogP contribution in [0.2, 0.25) is 5.02 Å². The Hall–Kier alpha value is -3.67. The number of ether oxygens (including phenoxy) is 1. The number of esters is 1. The molecule has 0 aliphatic heterocycles. The fraction of sp³-hybridized carbons (Fsp3) is 0.130. The van der Waals surface area contributed by atoms with Gasteiger partial charge in [-0.3, -0.25) is 4.79 Å². The molecular weight excluding hydrogens is 448 g/mol. The van der Waals surface area contributed by atoms with E-state index in [2.05, 4.69) is 10.4 Å². The number of aromatic nitrogens is 2. The van der Waals surface area contributed by atoms with E-state index in [4.69, 9.17) is 21.6 Å². The number of para-hydroxylation sites is 2. The van der Waals surface area contributed by atoms with Gasteiger partial charge in [0, 0.05) is 5.39 Å². The van der Waals surface area contributed by atoms with E-state index in [0.717, 1.165) is 15.9 Å². The van der Waals surface area contributed by atoms with Gasteiger partial charge in [-0.15, -0.1) is 11.3 Å². The van der Waals surface area contributed by atoms with Gasteiger partial charge in [0.15, 0.2) is 6.10 Å². The molecule has 0 saturated heterocycles. The number of benzene rings is 2. The van der Waals surface area contributed by atoms with Crippen LogP contribution in [0.4, 0.5) is 5.69 Å². The van der Waals surface area contributed by atoms with Crippen molar-refractivity contribution in [3.63, 3.8) is 0 Å². The maximum absolute atomic E-state index is 12.7. The number of carbonyl (C=O) groups excluding carboxylic acids is 2. The number of nitrogens with zero attached hydrogens (tertiary/aromatic N) is 3. The van der Waals surface area contributed by atoms with Crippen molar-refractivity contribution in [2.45, 2.75) is 20.0 Å². The Morgan fingerprint density at radius 3 is 2.69 bits per heavy atom. The van der Waals surface area contributed by atoms with Crippen LogP contribution >= 0.6 is 22.9 Å². The largest absolute Gasteiger partial charge is 0.448 e. The molecule has 0 bridgehead atoms. The lowest BCUT2D eigenvalue weighted by Crippen LogP contribution is -2.30. The number of hydrogen-bond donors (Lipinski definition) is 1. The van der Waals surface area contributed by atoms with Crippen LogP contribution in [0.1, 0.15) is 27.9 Å². The molecule has 0 saturated carbocycles. The van der Waals surface area contributed by atoms with Crippen LogP contribution in [-0.2, 0) is 9.53 Å². The summed E-state index contributed by atoms with van der Waals surface area (Å²) in [6, 6.07) is 17.6. The average molecular weight is 465 g/mol. The molecule has 1 amide bonds. The summed E-state index contributed by atoms with van der Waals surface area (Å²) in [6.07, 6.45) is -1.05. The van der Waals surface area contributed by atoms with Crippen molar-refractivity contribution in [1.29, 1.82) is 5.26 Å². The minimum absolute atomic E-state index is 0.323. The first-order valence-electron chi connectivity index (χ1n) is 9.64. The molecule has 2 aromatic carbocycles. The van der Waals surface area contributed by atoms with Crippen LogP contribution in [0, 0.1) is 18.3 Å². The topological polar surface area (TPSA) is 97.0 Å². The maximum Gasteiger partial charge on any atom is 0.349 e. The summed E-state index contributed by atoms with van der Waals surface area (Å²) >= 11 is 7.53. The fourth-order valence-electron chi connectivity index (χ4n) is 3.13. The van der Waals surface area contributed by atoms with Crippen molar-refractivity contribution in [2.75, 3.05) is 5.32 Å². The van der Waals surface area contributed by atoms with Gasteiger partial charge in [-0.25, -0.2) is 9.48 Å². The number of carbonyl (C=O) groups is 2. The van der Waals surface area contributed by atoms with Crippen LogP contribution in [0.25, 0.3) is 15.9 Å². The van der Waals surface area contributed by atoms with Crippen molar-refractivity contribution >= 4 is 50.7 Å². The molecule has 2 aromatic heterocycles. The Balaban J connectivity index is 1.54. The van der Waals surface area contributed by atoms with E-state index in [9.17, 15) is 9.59 Å². The Morgan fingerprint density at radius 1 is 1.22 bits per heavy atom. The lowest BCUT2D eigenvalue weighted by molar-refractivity contribution is -0.123. The van der Waals surface area contributed by atoms with Crippen LogP contribution in [-0.4, -0.2) is 27.8 Å². The van der Waals surface area contributed by atoms with Crippen LogP contribution in [0.15, 0.2) is 54.6 Å². The summed E-state index contributed by atoms with van der Waals surface area (Å²) in [7, 11) is 0. The average Bonchev–Trinajstić information content (AvgIpc) is 3.35. The number of nitrogens with one attached hydrogen (secondary N) is 1. The summed E-state index contributed by atoms with van der Waals surface area (Å²) in [5, 5.41) is 17.7. The lowest BCUT2D eigenvalue weighted by Gasteiger charge is -2.13. The zero-order chi connectivity index (χ0) is 22.8. The molecular formula is C23H17ClN4O3S. The quantitative estimate of drug-likeness (QED) is 0.414. The SMILES string of the molecule is Cc1nn(-c2ccccc2Cl)c2sc(C(=O)OC(C)C(=O)Nc3ccccc3C#N)cc12. The Morgan fingerprint density at radius 2 is 1.94 bits per heavy atom. The van der Waals surface area contributed by atoms with Gasteiger partial charge in [-0.05, 0) is 44.2 Å². The number of thiophene rings is 1. The Bertz CT molecular complexity index is 1390. The predicted octanol–water partition coefficient (Wildman–Crippen LogP) is 5.10. The summed E-state index contributed by atoms with van der Waals surface area (Å²) in [5.41, 5.74) is 2.13. The summed E-state index contributed by atoms with van der Waals surface area (Å²) < 4.78 is 7.07. The highest BCUT2D eigenvalue weighted by Crippen LogP contribution is 2.32. The molecule has 160 valence electrons. The van der Waals surface area contributed by atoms with E-state index in [1.165, 1.54) is 18.3 Å². The number of aryl methyl sites for hydroxylation is 1. The summed E-state index contributed by atoms with van der Waals surface area (Å²) in [5.74, 6) is -1.15. The molecule has 2 heterocycles. The van der Waals surface area contributed by atoms with Crippen LogP contribution in [0.5, 0.6) is 0 Å². The maximum atomic E-state index is 12.7. The second-order valence-corrected chi connectivity index (χ2v) is 8.41. The molecule has 0 fully saturated rings. The van der Waals surface area contributed by atoms with Crippen molar-refractivity contribution in [1.82, 2.24) is 9.78 Å². The predicted molar refractivity (Wildman–Crippen MR) is 123 cm³/mol. The third-order valence-electron chi connectivity index (χ3n) is 4.78. The number of fused-ring (bicyclic) bond motifs is 1. The van der Waals surface area contributed by atoms with Crippen LogP contribution < -0.4 is 5.32 Å². The molecule has 0 spiro atoms. The van der Waals surface area contributed by atoms with E-state index in [-0.39, 0.29) is 0 Å². The van der Waals surface area contributed by atoms with Crippen molar-refractivity contribution in [3.05, 3.63) is 75.8 Å². The van der Waals surface area contributed by atoms with Crippen molar-refractivity contribution in [2.24, 2.45) is 0 Å². The monoisotopic (exact) mass is 464 g/mol. The zero-order valence-electron chi connectivity index (χ0n) is 17.1. The minimum Gasteiger partial charge on any atom is -0.448 e. The number of anilines is 1. The van der Waals surface area contributed by atoms with Gasteiger partial charge in [-0.2, -0.15) is 10.4 Å². The van der Waals surface area contributed by atoms with Gasteiger partial charge in [0.1, 0.15) is 15.8 Å². The lowest BCUT2D eigenvalue weighted by atomic mass is 10.2. The molecule has 0 aliphatic carbocycles. The molecule has 7 nitrogen and oxygen atoms in total. The van der Waals surface area contributed by atoms with Crippen LogP contribution in [0.3, 0.4) is 0 Å². The van der Waals surface area contributed by atoms with E-state index < -0.39 is 18.0 Å². The second-order valence-electron chi connectivity index (χ2n) is 6.97. The normalized spacial score (nSPS) is 11.7. The summed E-state index contributed by atoms with van der Waals surface area (Å²) in [6.45, 7) is 3.33. The third kappa shape index (κ3) is 4.08. The Kier molecular flexibility index (Phi) is 5.95. The molecule has 9 heteroatoms. The highest BCUT2D eigenvalue weighted by molar-refractivity contribution is 7.20. The standard InChI is InChI=1S/C23H17ClN4O3S/c1-13-16-11-20(32-22(16)28(27-13)19-10-6-4-8-17(19)24)23(30)31-14(2)21(29)26-18-9-5-3-7-15(18)12-25/h3-11,14H,1-2H3,(H,26,29). The molecule has 1 N–H and O–H groups in total. The van der Waals surface area contributed by atoms with Gasteiger partial charge in [0.2, 0.25) is 0 Å².